The standard InChI is InChI=1S/C53H105NO4/c1-7-11-21-35-49(36-22-12-8-2)42-30-33-47-57-52(55)44-27-19-15-17-25-39-51(41-29-32-46-54(5)6)40-26-18-16-20-28-45-53(56)58-48-34-31-43-50(37-23-13-9-3)38-24-14-10-4/h49-51H,7-48H2,1-6H3. The largest absolute Gasteiger partial charge is 0.466 e. The molecule has 5 nitrogen and oxygen atoms in total. The topological polar surface area (TPSA) is 55.8 Å². The van der Waals surface area contributed by atoms with E-state index in [1.165, 1.54) is 206 Å². The molecule has 58 heavy (non-hydrogen) atoms. The minimum absolute atomic E-state index is 0.0141. The van der Waals surface area contributed by atoms with Crippen molar-refractivity contribution in [2.45, 2.75) is 278 Å². The third-order valence-corrected chi connectivity index (χ3v) is 12.9. The summed E-state index contributed by atoms with van der Waals surface area (Å²) < 4.78 is 11.2. The summed E-state index contributed by atoms with van der Waals surface area (Å²) in [5.41, 5.74) is 0. The monoisotopic (exact) mass is 820 g/mol. The molecule has 0 N–H and O–H groups in total. The Hall–Kier alpha value is -1.10. The molecule has 0 unspecified atom stereocenters. The van der Waals surface area contributed by atoms with E-state index in [0.29, 0.717) is 26.1 Å². The molecule has 0 spiro atoms. The first-order valence-corrected chi connectivity index (χ1v) is 26.3. The van der Waals surface area contributed by atoms with Crippen LogP contribution in [0.25, 0.3) is 0 Å². The average molecular weight is 820 g/mol. The van der Waals surface area contributed by atoms with Crippen molar-refractivity contribution in [2.24, 2.45) is 17.8 Å². The van der Waals surface area contributed by atoms with Crippen molar-refractivity contribution in [1.29, 1.82) is 0 Å². The van der Waals surface area contributed by atoms with Crippen LogP contribution in [0.15, 0.2) is 0 Å². The lowest BCUT2D eigenvalue weighted by molar-refractivity contribution is -0.144. The SMILES string of the molecule is CCCCCC(CCCCC)CCCCOC(=O)CCCCCCCC(CCCCCCCC(=O)OCCCCC(CCCCC)CCCCC)CCCCN(C)C. The molecule has 0 radical (unpaired) electrons. The third kappa shape index (κ3) is 41.6. The number of carbonyl (C=O) groups is 2. The summed E-state index contributed by atoms with van der Waals surface area (Å²) in [5, 5.41) is 0. The highest BCUT2D eigenvalue weighted by Crippen LogP contribution is 2.26. The van der Waals surface area contributed by atoms with E-state index in [9.17, 15) is 9.59 Å². The van der Waals surface area contributed by atoms with Crippen LogP contribution in [0.5, 0.6) is 0 Å². The quantitative estimate of drug-likeness (QED) is 0.0452. The zero-order valence-corrected chi connectivity index (χ0v) is 40.5. The first-order valence-electron chi connectivity index (χ1n) is 26.3. The lowest BCUT2D eigenvalue weighted by Crippen LogP contribution is -2.13. The van der Waals surface area contributed by atoms with Gasteiger partial charge in [0.25, 0.3) is 0 Å². The Kier molecular flexibility index (Phi) is 44.6. The molecule has 0 aromatic rings. The number of rotatable bonds is 47. The molecule has 5 heteroatoms. The molecule has 0 rings (SSSR count). The maximum absolute atomic E-state index is 12.3. The molecule has 0 bridgehead atoms. The second kappa shape index (κ2) is 45.4. The molecule has 0 atom stereocenters. The molecule has 346 valence electrons. The zero-order valence-electron chi connectivity index (χ0n) is 40.5. The number of nitrogens with zero attached hydrogens (tertiary/aromatic N) is 1. The lowest BCUT2D eigenvalue weighted by atomic mass is 9.90. The number of ether oxygens (including phenoxy) is 2. The fourth-order valence-corrected chi connectivity index (χ4v) is 8.94. The maximum atomic E-state index is 12.3. The number of carbonyl (C=O) groups excluding carboxylic acids is 2. The number of unbranched alkanes of at least 4 members (excludes halogenated alkanes) is 19. The second-order valence-electron chi connectivity index (χ2n) is 18.9. The van der Waals surface area contributed by atoms with Gasteiger partial charge >= 0.3 is 11.9 Å². The van der Waals surface area contributed by atoms with Crippen molar-refractivity contribution in [3.63, 3.8) is 0 Å². The number of esters is 2. The van der Waals surface area contributed by atoms with Crippen LogP contribution in [0, 0.1) is 17.8 Å². The van der Waals surface area contributed by atoms with Gasteiger partial charge in [-0.1, -0.05) is 220 Å². The minimum Gasteiger partial charge on any atom is -0.466 e. The van der Waals surface area contributed by atoms with E-state index in [-0.39, 0.29) is 11.9 Å². The van der Waals surface area contributed by atoms with Gasteiger partial charge < -0.3 is 14.4 Å². The van der Waals surface area contributed by atoms with Crippen LogP contribution in [-0.4, -0.2) is 50.7 Å². The Labute approximate surface area is 364 Å². The normalized spacial score (nSPS) is 11.8. The molecular formula is C53H105NO4. The van der Waals surface area contributed by atoms with E-state index in [1.807, 2.05) is 0 Å². The summed E-state index contributed by atoms with van der Waals surface area (Å²) in [5.74, 6) is 2.61. The molecule has 0 aromatic heterocycles. The van der Waals surface area contributed by atoms with E-state index < -0.39 is 0 Å². The van der Waals surface area contributed by atoms with E-state index in [0.717, 1.165) is 56.3 Å². The van der Waals surface area contributed by atoms with Gasteiger partial charge in [0.1, 0.15) is 0 Å². The number of hydrogen-bond donors (Lipinski definition) is 0. The van der Waals surface area contributed by atoms with Crippen LogP contribution in [0.2, 0.25) is 0 Å². The second-order valence-corrected chi connectivity index (χ2v) is 18.9. The van der Waals surface area contributed by atoms with Crippen molar-refractivity contribution in [3.05, 3.63) is 0 Å². The van der Waals surface area contributed by atoms with Gasteiger partial charge in [-0.3, -0.25) is 9.59 Å². The van der Waals surface area contributed by atoms with Crippen molar-refractivity contribution in [2.75, 3.05) is 33.9 Å². The summed E-state index contributed by atoms with van der Waals surface area (Å²) in [7, 11) is 4.36. The summed E-state index contributed by atoms with van der Waals surface area (Å²) in [4.78, 5) is 27.0. The third-order valence-electron chi connectivity index (χ3n) is 12.9. The highest BCUT2D eigenvalue weighted by Gasteiger charge is 2.12. The van der Waals surface area contributed by atoms with E-state index in [4.69, 9.17) is 9.47 Å². The Balaban J connectivity index is 4.09. The van der Waals surface area contributed by atoms with Crippen molar-refractivity contribution in [3.8, 4) is 0 Å². The van der Waals surface area contributed by atoms with Gasteiger partial charge in [0.05, 0.1) is 13.2 Å². The average Bonchev–Trinajstić information content (AvgIpc) is 3.20. The minimum atomic E-state index is 0.0141. The van der Waals surface area contributed by atoms with Gasteiger partial charge in [-0.25, -0.2) is 0 Å². The summed E-state index contributed by atoms with van der Waals surface area (Å²) in [6.07, 6.45) is 48.6. The predicted octanol–water partition coefficient (Wildman–Crippen LogP) is 16.8. The molecule has 0 saturated carbocycles. The highest BCUT2D eigenvalue weighted by atomic mass is 16.5. The first kappa shape index (κ1) is 56.9. The van der Waals surface area contributed by atoms with E-state index in [1.54, 1.807) is 0 Å². The highest BCUT2D eigenvalue weighted by molar-refractivity contribution is 5.69. The molecule has 0 amide bonds. The van der Waals surface area contributed by atoms with Gasteiger partial charge in [-0.2, -0.15) is 0 Å². The van der Waals surface area contributed by atoms with Crippen molar-refractivity contribution < 1.29 is 19.1 Å². The molecule has 0 aliphatic heterocycles. The molecule has 0 saturated heterocycles. The Morgan fingerprint density at radius 2 is 0.603 bits per heavy atom. The van der Waals surface area contributed by atoms with Crippen LogP contribution in [0.3, 0.4) is 0 Å². The molecule has 0 fully saturated rings. The molecule has 0 aliphatic rings. The Morgan fingerprint density at radius 3 is 0.914 bits per heavy atom. The summed E-state index contributed by atoms with van der Waals surface area (Å²) in [6, 6.07) is 0. The Morgan fingerprint density at radius 1 is 0.345 bits per heavy atom. The van der Waals surface area contributed by atoms with E-state index >= 15 is 0 Å². The van der Waals surface area contributed by atoms with Gasteiger partial charge in [0.15, 0.2) is 0 Å². The molecule has 0 aromatic carbocycles. The van der Waals surface area contributed by atoms with Crippen LogP contribution in [-0.2, 0) is 19.1 Å². The van der Waals surface area contributed by atoms with Crippen LogP contribution in [0.1, 0.15) is 278 Å². The van der Waals surface area contributed by atoms with Crippen molar-refractivity contribution in [1.82, 2.24) is 4.90 Å². The molecular weight excluding hydrogens is 715 g/mol. The van der Waals surface area contributed by atoms with Gasteiger partial charge in [0, 0.05) is 12.8 Å². The van der Waals surface area contributed by atoms with Crippen LogP contribution in [0.4, 0.5) is 0 Å². The van der Waals surface area contributed by atoms with Crippen LogP contribution >= 0.6 is 0 Å². The van der Waals surface area contributed by atoms with Gasteiger partial charge in [0.2, 0.25) is 0 Å². The van der Waals surface area contributed by atoms with Gasteiger partial charge in [-0.05, 0) is 83.3 Å². The fourth-order valence-electron chi connectivity index (χ4n) is 8.94. The van der Waals surface area contributed by atoms with Crippen LogP contribution < -0.4 is 0 Å². The molecule has 0 aliphatic carbocycles. The number of hydrogen-bond acceptors (Lipinski definition) is 5. The first-order chi connectivity index (χ1) is 28.4. The zero-order chi connectivity index (χ0) is 42.6. The Bertz CT molecular complexity index is 766. The smallest absolute Gasteiger partial charge is 0.305 e. The lowest BCUT2D eigenvalue weighted by Gasteiger charge is -2.18. The summed E-state index contributed by atoms with van der Waals surface area (Å²) >= 11 is 0. The van der Waals surface area contributed by atoms with Crippen molar-refractivity contribution >= 4 is 11.9 Å². The molecule has 0 heterocycles. The predicted molar refractivity (Wildman–Crippen MR) is 254 cm³/mol. The van der Waals surface area contributed by atoms with Gasteiger partial charge in [-0.15, -0.1) is 0 Å². The summed E-state index contributed by atoms with van der Waals surface area (Å²) in [6.45, 7) is 11.6. The maximum Gasteiger partial charge on any atom is 0.305 e. The fraction of sp³-hybridized carbons (Fsp3) is 0.962. The van der Waals surface area contributed by atoms with E-state index in [2.05, 4.69) is 46.7 Å².